The number of thioether (sulfide) groups is 2. The summed E-state index contributed by atoms with van der Waals surface area (Å²) >= 11 is 3.74. The van der Waals surface area contributed by atoms with Gasteiger partial charge in [-0.3, -0.25) is 4.79 Å². The molecule has 3 heteroatoms. The Bertz CT molecular complexity index is 428. The van der Waals surface area contributed by atoms with Gasteiger partial charge >= 0.3 is 0 Å². The molecule has 0 bridgehead atoms. The van der Waals surface area contributed by atoms with Crippen molar-refractivity contribution in [1.82, 2.24) is 0 Å². The summed E-state index contributed by atoms with van der Waals surface area (Å²) in [7, 11) is 0. The molecule has 0 spiro atoms. The van der Waals surface area contributed by atoms with Crippen molar-refractivity contribution in [2.45, 2.75) is 31.3 Å². The monoisotopic (exact) mass is 266 g/mol. The predicted octanol–water partition coefficient (Wildman–Crippen LogP) is 3.72. The summed E-state index contributed by atoms with van der Waals surface area (Å²) in [5.74, 6) is 2.58. The molecular formula is C14H18OS2. The number of hydrogen-bond acceptors (Lipinski definition) is 3. The van der Waals surface area contributed by atoms with Crippen LogP contribution in [-0.4, -0.2) is 27.8 Å². The average molecular weight is 266 g/mol. The lowest BCUT2D eigenvalue weighted by atomic mass is 9.98. The molecule has 2 unspecified atom stereocenters. The van der Waals surface area contributed by atoms with Crippen molar-refractivity contribution in [3.63, 3.8) is 0 Å². The Morgan fingerprint density at radius 2 is 1.94 bits per heavy atom. The van der Waals surface area contributed by atoms with Crippen LogP contribution in [0.2, 0.25) is 0 Å². The Hall–Kier alpha value is -0.410. The van der Waals surface area contributed by atoms with Crippen LogP contribution in [0, 0.1) is 13.8 Å². The Balaban J connectivity index is 2.27. The lowest BCUT2D eigenvalue weighted by Gasteiger charge is -2.27. The predicted molar refractivity (Wildman–Crippen MR) is 78.4 cm³/mol. The van der Waals surface area contributed by atoms with Crippen molar-refractivity contribution < 1.29 is 4.79 Å². The third-order valence-corrected chi connectivity index (χ3v) is 6.41. The number of carbonyl (C=O) groups is 1. The van der Waals surface area contributed by atoms with Gasteiger partial charge in [0.25, 0.3) is 0 Å². The van der Waals surface area contributed by atoms with E-state index in [0.717, 1.165) is 16.9 Å². The maximum absolute atomic E-state index is 12.5. The molecule has 0 N–H and O–H groups in total. The molecular weight excluding hydrogens is 248 g/mol. The third kappa shape index (κ3) is 2.71. The molecule has 92 valence electrons. The Morgan fingerprint density at radius 1 is 1.24 bits per heavy atom. The maximum atomic E-state index is 12.5. The van der Waals surface area contributed by atoms with Gasteiger partial charge in [0.2, 0.25) is 0 Å². The fourth-order valence-corrected chi connectivity index (χ4v) is 4.81. The maximum Gasteiger partial charge on any atom is 0.177 e. The van der Waals surface area contributed by atoms with Crippen LogP contribution < -0.4 is 0 Å². The summed E-state index contributed by atoms with van der Waals surface area (Å²) in [5, 5.41) is 0.565. The number of ketones is 1. The van der Waals surface area contributed by atoms with Crippen LogP contribution in [0.1, 0.15) is 28.4 Å². The van der Waals surface area contributed by atoms with Gasteiger partial charge in [0.1, 0.15) is 0 Å². The van der Waals surface area contributed by atoms with E-state index in [1.165, 1.54) is 11.3 Å². The molecule has 1 aliphatic rings. The molecule has 1 aromatic rings. The van der Waals surface area contributed by atoms with Crippen LogP contribution in [0.5, 0.6) is 0 Å². The molecule has 1 fully saturated rings. The number of benzene rings is 1. The molecule has 1 heterocycles. The standard InChI is InChI=1S/C14H18OS2/c1-9-5-4-6-12(10(9)2)13(15)14-11(3)16-7-8-17-14/h4-6,11,14H,7-8H2,1-3H3. The zero-order valence-electron chi connectivity index (χ0n) is 10.5. The van der Waals surface area contributed by atoms with Crippen molar-refractivity contribution in [3.8, 4) is 0 Å². The van der Waals surface area contributed by atoms with Gasteiger partial charge in [0, 0.05) is 22.3 Å². The summed E-state index contributed by atoms with van der Waals surface area (Å²) in [6.07, 6.45) is 0. The first-order valence-electron chi connectivity index (χ1n) is 5.95. The van der Waals surface area contributed by atoms with E-state index < -0.39 is 0 Å². The van der Waals surface area contributed by atoms with E-state index in [9.17, 15) is 4.79 Å². The fourth-order valence-electron chi connectivity index (χ4n) is 2.09. The van der Waals surface area contributed by atoms with Crippen LogP contribution in [-0.2, 0) is 0 Å². The van der Waals surface area contributed by atoms with Gasteiger partial charge < -0.3 is 0 Å². The van der Waals surface area contributed by atoms with Crippen LogP contribution in [0.25, 0.3) is 0 Å². The van der Waals surface area contributed by atoms with Crippen molar-refractivity contribution in [3.05, 3.63) is 34.9 Å². The third-order valence-electron chi connectivity index (χ3n) is 3.32. The molecule has 1 saturated heterocycles. The highest BCUT2D eigenvalue weighted by Gasteiger charge is 2.30. The molecule has 1 aromatic carbocycles. The van der Waals surface area contributed by atoms with Crippen LogP contribution in [0.15, 0.2) is 18.2 Å². The zero-order chi connectivity index (χ0) is 12.4. The second-order valence-electron chi connectivity index (χ2n) is 4.48. The van der Waals surface area contributed by atoms with Gasteiger partial charge in [-0.25, -0.2) is 0 Å². The van der Waals surface area contributed by atoms with Crippen LogP contribution in [0.4, 0.5) is 0 Å². The van der Waals surface area contributed by atoms with Gasteiger partial charge in [-0.1, -0.05) is 25.1 Å². The van der Waals surface area contributed by atoms with Gasteiger partial charge in [0.15, 0.2) is 5.78 Å². The molecule has 1 nitrogen and oxygen atoms in total. The highest BCUT2D eigenvalue weighted by atomic mass is 32.2. The molecule has 2 rings (SSSR count). The quantitative estimate of drug-likeness (QED) is 0.759. The first kappa shape index (κ1) is 13.0. The van der Waals surface area contributed by atoms with Crippen molar-refractivity contribution in [2.75, 3.05) is 11.5 Å². The van der Waals surface area contributed by atoms with E-state index in [4.69, 9.17) is 0 Å². The summed E-state index contributed by atoms with van der Waals surface area (Å²) in [6, 6.07) is 6.02. The Kier molecular flexibility index (Phi) is 4.21. The lowest BCUT2D eigenvalue weighted by Crippen LogP contribution is -2.31. The minimum absolute atomic E-state index is 0.134. The average Bonchev–Trinajstić information content (AvgIpc) is 2.32. The van der Waals surface area contributed by atoms with Crippen LogP contribution in [0.3, 0.4) is 0 Å². The number of aryl methyl sites for hydroxylation is 1. The smallest absolute Gasteiger partial charge is 0.177 e. The Morgan fingerprint density at radius 3 is 2.65 bits per heavy atom. The molecule has 0 saturated carbocycles. The van der Waals surface area contributed by atoms with E-state index in [1.807, 2.05) is 42.6 Å². The second-order valence-corrected chi connectivity index (χ2v) is 7.21. The molecule has 17 heavy (non-hydrogen) atoms. The minimum atomic E-state index is 0.134. The van der Waals surface area contributed by atoms with E-state index in [1.54, 1.807) is 0 Å². The summed E-state index contributed by atoms with van der Waals surface area (Å²) in [4.78, 5) is 12.5. The Labute approximate surface area is 112 Å². The molecule has 0 aromatic heterocycles. The molecule has 0 amide bonds. The van der Waals surface area contributed by atoms with Crippen molar-refractivity contribution in [2.24, 2.45) is 0 Å². The second kappa shape index (κ2) is 5.49. The number of rotatable bonds is 2. The lowest BCUT2D eigenvalue weighted by molar-refractivity contribution is 0.0989. The minimum Gasteiger partial charge on any atom is -0.293 e. The van der Waals surface area contributed by atoms with Crippen molar-refractivity contribution >= 4 is 29.3 Å². The zero-order valence-corrected chi connectivity index (χ0v) is 12.2. The van der Waals surface area contributed by atoms with Crippen molar-refractivity contribution in [1.29, 1.82) is 0 Å². The molecule has 2 atom stereocenters. The first-order chi connectivity index (χ1) is 8.11. The van der Waals surface area contributed by atoms with E-state index in [-0.39, 0.29) is 5.25 Å². The number of Topliss-reactive ketones (excluding diaryl/α,β-unsaturated/α-hetero) is 1. The fraction of sp³-hybridized carbons (Fsp3) is 0.500. The van der Waals surface area contributed by atoms with Gasteiger partial charge in [-0.2, -0.15) is 11.8 Å². The first-order valence-corrected chi connectivity index (χ1v) is 8.04. The summed E-state index contributed by atoms with van der Waals surface area (Å²) in [5.41, 5.74) is 3.26. The van der Waals surface area contributed by atoms with Gasteiger partial charge in [0.05, 0.1) is 5.25 Å². The topological polar surface area (TPSA) is 17.1 Å². The van der Waals surface area contributed by atoms with E-state index in [2.05, 4.69) is 19.9 Å². The van der Waals surface area contributed by atoms with Gasteiger partial charge in [-0.15, -0.1) is 11.8 Å². The highest BCUT2D eigenvalue weighted by molar-refractivity contribution is 8.07. The number of carbonyl (C=O) groups excluding carboxylic acids is 1. The molecule has 0 radical (unpaired) electrons. The molecule has 1 aliphatic heterocycles. The number of hydrogen-bond donors (Lipinski definition) is 0. The van der Waals surface area contributed by atoms with E-state index >= 15 is 0 Å². The van der Waals surface area contributed by atoms with Crippen LogP contribution >= 0.6 is 23.5 Å². The summed E-state index contributed by atoms with van der Waals surface area (Å²) < 4.78 is 0. The van der Waals surface area contributed by atoms with E-state index in [0.29, 0.717) is 11.0 Å². The highest BCUT2D eigenvalue weighted by Crippen LogP contribution is 2.33. The van der Waals surface area contributed by atoms with Gasteiger partial charge in [-0.05, 0) is 25.0 Å². The largest absolute Gasteiger partial charge is 0.293 e. The molecule has 0 aliphatic carbocycles. The summed E-state index contributed by atoms with van der Waals surface area (Å²) in [6.45, 7) is 6.29. The SMILES string of the molecule is Cc1cccc(C(=O)C2SCCSC2C)c1C. The normalized spacial score (nSPS) is 24.6.